The van der Waals surface area contributed by atoms with E-state index in [-0.39, 0.29) is 5.41 Å². The molecule has 2 heteroatoms. The Kier molecular flexibility index (Phi) is 5.26. The van der Waals surface area contributed by atoms with E-state index < -0.39 is 0 Å². The molecule has 0 amide bonds. The molecule has 1 N–H and O–H groups in total. The third-order valence-electron chi connectivity index (χ3n) is 3.86. The minimum absolute atomic E-state index is 0.275. The van der Waals surface area contributed by atoms with Crippen LogP contribution in [0.25, 0.3) is 0 Å². The fourth-order valence-electron chi connectivity index (χ4n) is 2.39. The molecular weight excluding hydrogens is 198 g/mol. The van der Waals surface area contributed by atoms with Crippen molar-refractivity contribution in [3.63, 3.8) is 0 Å². The SMILES string of the molecule is CNC(COC1CCC(C)CC1)C(C)(C)C. The molecule has 0 aromatic rings. The van der Waals surface area contributed by atoms with Crippen LogP contribution in [0.15, 0.2) is 0 Å². The van der Waals surface area contributed by atoms with Gasteiger partial charge in [0.25, 0.3) is 0 Å². The van der Waals surface area contributed by atoms with Crippen LogP contribution in [-0.2, 0) is 4.74 Å². The lowest BCUT2D eigenvalue weighted by atomic mass is 9.86. The zero-order valence-electron chi connectivity index (χ0n) is 11.7. The van der Waals surface area contributed by atoms with Crippen molar-refractivity contribution in [1.82, 2.24) is 5.32 Å². The summed E-state index contributed by atoms with van der Waals surface area (Å²) in [6, 6.07) is 0.451. The van der Waals surface area contributed by atoms with E-state index in [4.69, 9.17) is 4.74 Å². The fourth-order valence-corrected chi connectivity index (χ4v) is 2.39. The summed E-state index contributed by atoms with van der Waals surface area (Å²) >= 11 is 0. The van der Waals surface area contributed by atoms with Gasteiger partial charge in [0.15, 0.2) is 0 Å². The molecule has 0 heterocycles. The van der Waals surface area contributed by atoms with Gasteiger partial charge >= 0.3 is 0 Å². The van der Waals surface area contributed by atoms with Crippen LogP contribution in [0.5, 0.6) is 0 Å². The Morgan fingerprint density at radius 1 is 1.19 bits per heavy atom. The Hall–Kier alpha value is -0.0800. The van der Waals surface area contributed by atoms with Crippen molar-refractivity contribution in [3.05, 3.63) is 0 Å². The van der Waals surface area contributed by atoms with E-state index in [2.05, 4.69) is 33.0 Å². The summed E-state index contributed by atoms with van der Waals surface area (Å²) in [6.45, 7) is 9.99. The molecule has 0 spiro atoms. The van der Waals surface area contributed by atoms with Crippen LogP contribution < -0.4 is 5.32 Å². The zero-order chi connectivity index (χ0) is 12.2. The molecular formula is C14H29NO. The van der Waals surface area contributed by atoms with Gasteiger partial charge in [0.05, 0.1) is 12.7 Å². The van der Waals surface area contributed by atoms with E-state index in [1.54, 1.807) is 0 Å². The molecule has 0 aromatic carbocycles. The molecule has 1 fully saturated rings. The molecule has 96 valence electrons. The maximum absolute atomic E-state index is 6.05. The first-order valence-electron chi connectivity index (χ1n) is 6.72. The molecule has 0 saturated heterocycles. The number of nitrogens with one attached hydrogen (secondary N) is 1. The quantitative estimate of drug-likeness (QED) is 0.796. The Morgan fingerprint density at radius 3 is 2.19 bits per heavy atom. The third kappa shape index (κ3) is 4.42. The van der Waals surface area contributed by atoms with E-state index in [9.17, 15) is 0 Å². The first-order chi connectivity index (χ1) is 7.43. The predicted molar refractivity (Wildman–Crippen MR) is 69.7 cm³/mol. The van der Waals surface area contributed by atoms with Crippen LogP contribution in [0.3, 0.4) is 0 Å². The van der Waals surface area contributed by atoms with E-state index in [1.165, 1.54) is 25.7 Å². The van der Waals surface area contributed by atoms with Crippen molar-refractivity contribution >= 4 is 0 Å². The molecule has 0 aliphatic heterocycles. The third-order valence-corrected chi connectivity index (χ3v) is 3.86. The summed E-state index contributed by atoms with van der Waals surface area (Å²) in [4.78, 5) is 0. The molecule has 0 radical (unpaired) electrons. The van der Waals surface area contributed by atoms with Crippen LogP contribution in [0.4, 0.5) is 0 Å². The highest BCUT2D eigenvalue weighted by atomic mass is 16.5. The number of hydrogen-bond donors (Lipinski definition) is 1. The van der Waals surface area contributed by atoms with Crippen molar-refractivity contribution < 1.29 is 4.74 Å². The highest BCUT2D eigenvalue weighted by Crippen LogP contribution is 2.27. The summed E-state index contributed by atoms with van der Waals surface area (Å²) in [5, 5.41) is 3.37. The van der Waals surface area contributed by atoms with E-state index >= 15 is 0 Å². The molecule has 1 rings (SSSR count). The van der Waals surface area contributed by atoms with E-state index in [0.717, 1.165) is 12.5 Å². The summed E-state index contributed by atoms with van der Waals surface area (Å²) in [5.74, 6) is 0.905. The molecule has 16 heavy (non-hydrogen) atoms. The molecule has 1 atom stereocenters. The van der Waals surface area contributed by atoms with Crippen LogP contribution in [0.2, 0.25) is 0 Å². The average Bonchev–Trinajstić information content (AvgIpc) is 2.19. The Bertz CT molecular complexity index is 189. The molecule has 2 nitrogen and oxygen atoms in total. The van der Waals surface area contributed by atoms with Gasteiger partial charge in [-0.15, -0.1) is 0 Å². The Labute approximate surface area is 101 Å². The standard InChI is InChI=1S/C14H29NO/c1-11-6-8-12(9-7-11)16-10-13(15-5)14(2,3)4/h11-13,15H,6-10H2,1-5H3. The predicted octanol–water partition coefficient (Wildman–Crippen LogP) is 3.22. The normalized spacial score (nSPS) is 29.1. The fraction of sp³-hybridized carbons (Fsp3) is 1.00. The smallest absolute Gasteiger partial charge is 0.0628 e. The lowest BCUT2D eigenvalue weighted by Gasteiger charge is -2.33. The van der Waals surface area contributed by atoms with Crippen LogP contribution >= 0.6 is 0 Å². The maximum Gasteiger partial charge on any atom is 0.0628 e. The first-order valence-corrected chi connectivity index (χ1v) is 6.72. The average molecular weight is 227 g/mol. The molecule has 1 unspecified atom stereocenters. The minimum atomic E-state index is 0.275. The van der Waals surface area contributed by atoms with E-state index in [1.807, 2.05) is 7.05 Å². The maximum atomic E-state index is 6.05. The molecule has 1 aliphatic carbocycles. The van der Waals surface area contributed by atoms with Gasteiger partial charge in [-0.3, -0.25) is 0 Å². The molecule has 1 aliphatic rings. The topological polar surface area (TPSA) is 21.3 Å². The van der Waals surface area contributed by atoms with Crippen molar-refractivity contribution in [3.8, 4) is 0 Å². The zero-order valence-corrected chi connectivity index (χ0v) is 11.7. The summed E-state index contributed by atoms with van der Waals surface area (Å²) < 4.78 is 6.05. The van der Waals surface area contributed by atoms with Gasteiger partial charge in [-0.05, 0) is 44.1 Å². The van der Waals surface area contributed by atoms with Crippen molar-refractivity contribution in [1.29, 1.82) is 0 Å². The monoisotopic (exact) mass is 227 g/mol. The molecule has 0 bridgehead atoms. The largest absolute Gasteiger partial charge is 0.377 e. The minimum Gasteiger partial charge on any atom is -0.377 e. The first kappa shape index (κ1) is 14.0. The summed E-state index contributed by atoms with van der Waals surface area (Å²) in [6.07, 6.45) is 5.69. The van der Waals surface area contributed by atoms with Gasteiger partial charge in [-0.2, -0.15) is 0 Å². The number of ether oxygens (including phenoxy) is 1. The number of hydrogen-bond acceptors (Lipinski definition) is 2. The Morgan fingerprint density at radius 2 is 1.75 bits per heavy atom. The summed E-state index contributed by atoms with van der Waals surface area (Å²) in [7, 11) is 2.03. The van der Waals surface area contributed by atoms with Gasteiger partial charge in [0.1, 0.15) is 0 Å². The van der Waals surface area contributed by atoms with E-state index in [0.29, 0.717) is 12.1 Å². The van der Waals surface area contributed by atoms with Crippen molar-refractivity contribution in [2.45, 2.75) is 65.5 Å². The highest BCUT2D eigenvalue weighted by molar-refractivity contribution is 4.80. The van der Waals surface area contributed by atoms with Crippen LogP contribution in [-0.4, -0.2) is 25.8 Å². The second-order valence-electron chi connectivity index (χ2n) is 6.42. The van der Waals surface area contributed by atoms with Crippen molar-refractivity contribution in [2.24, 2.45) is 11.3 Å². The van der Waals surface area contributed by atoms with Gasteiger partial charge < -0.3 is 10.1 Å². The lowest BCUT2D eigenvalue weighted by molar-refractivity contribution is -0.00632. The highest BCUT2D eigenvalue weighted by Gasteiger charge is 2.25. The van der Waals surface area contributed by atoms with Crippen LogP contribution in [0, 0.1) is 11.3 Å². The van der Waals surface area contributed by atoms with Crippen molar-refractivity contribution in [2.75, 3.05) is 13.7 Å². The molecule has 0 aromatic heterocycles. The summed E-state index contributed by atoms with van der Waals surface area (Å²) in [5.41, 5.74) is 0.275. The number of likely N-dealkylation sites (N-methyl/N-ethyl adjacent to an activating group) is 1. The van der Waals surface area contributed by atoms with Gasteiger partial charge in [0.2, 0.25) is 0 Å². The lowest BCUT2D eigenvalue weighted by Crippen LogP contribution is -2.43. The van der Waals surface area contributed by atoms with Gasteiger partial charge in [-0.25, -0.2) is 0 Å². The molecule has 1 saturated carbocycles. The Balaban J connectivity index is 2.28. The van der Waals surface area contributed by atoms with Crippen LogP contribution in [0.1, 0.15) is 53.4 Å². The van der Waals surface area contributed by atoms with Gasteiger partial charge in [0, 0.05) is 6.04 Å². The van der Waals surface area contributed by atoms with Gasteiger partial charge in [-0.1, -0.05) is 27.7 Å². The second-order valence-corrected chi connectivity index (χ2v) is 6.42. The number of rotatable bonds is 4. The second kappa shape index (κ2) is 6.02.